The van der Waals surface area contributed by atoms with Crippen molar-refractivity contribution in [2.45, 2.75) is 25.1 Å². The molecular weight excluding hydrogens is 229 g/mol. The lowest BCUT2D eigenvalue weighted by Crippen LogP contribution is -2.22. The van der Waals surface area contributed by atoms with Crippen LogP contribution in [0.5, 0.6) is 0 Å². The first kappa shape index (κ1) is 12.2. The van der Waals surface area contributed by atoms with E-state index in [0.717, 1.165) is 18.9 Å². The van der Waals surface area contributed by atoms with Gasteiger partial charge in [0.25, 0.3) is 0 Å². The lowest BCUT2D eigenvalue weighted by molar-refractivity contribution is -0.137. The van der Waals surface area contributed by atoms with Crippen molar-refractivity contribution in [1.29, 1.82) is 0 Å². The molecule has 0 saturated heterocycles. The summed E-state index contributed by atoms with van der Waals surface area (Å²) >= 11 is 0. The normalized spacial score (nSPS) is 21.0. The van der Waals surface area contributed by atoms with Crippen LogP contribution in [0.4, 0.5) is 18.9 Å². The molecule has 0 amide bonds. The number of para-hydroxylation sites is 1. The number of nitrogens with two attached hydrogens (primary N) is 1. The van der Waals surface area contributed by atoms with E-state index in [-0.39, 0.29) is 11.7 Å². The van der Waals surface area contributed by atoms with Gasteiger partial charge >= 0.3 is 6.18 Å². The Morgan fingerprint density at radius 1 is 1.35 bits per heavy atom. The van der Waals surface area contributed by atoms with Gasteiger partial charge in [-0.3, -0.25) is 0 Å². The highest BCUT2D eigenvalue weighted by molar-refractivity contribution is 5.62. The van der Waals surface area contributed by atoms with Crippen molar-refractivity contribution < 1.29 is 13.2 Å². The maximum absolute atomic E-state index is 12.9. The third-order valence-corrected chi connectivity index (χ3v) is 3.16. The molecule has 1 unspecified atom stereocenters. The molecule has 0 spiro atoms. The summed E-state index contributed by atoms with van der Waals surface area (Å²) in [4.78, 5) is 1.66. The molecule has 1 heterocycles. The maximum atomic E-state index is 12.9. The Balaban J connectivity index is 2.61. The number of hydrogen-bond donors (Lipinski definition) is 1. The highest BCUT2D eigenvalue weighted by atomic mass is 19.4. The van der Waals surface area contributed by atoms with Crippen molar-refractivity contribution in [2.75, 3.05) is 18.5 Å². The van der Waals surface area contributed by atoms with Crippen LogP contribution in [0.1, 0.15) is 30.0 Å². The Kier molecular flexibility index (Phi) is 3.03. The van der Waals surface area contributed by atoms with E-state index in [1.165, 1.54) is 6.07 Å². The standard InChI is InChI=1S/C12H15F3N2/c1-17-7-3-6-10(16)8-4-2-5-9(11(8)17)12(13,14)15/h2,4-5,10H,3,6-7,16H2,1H3. The Bertz CT molecular complexity index is 415. The van der Waals surface area contributed by atoms with Gasteiger partial charge in [0.15, 0.2) is 0 Å². The fourth-order valence-electron chi connectivity index (χ4n) is 2.33. The van der Waals surface area contributed by atoms with Gasteiger partial charge in [0.2, 0.25) is 0 Å². The van der Waals surface area contributed by atoms with E-state index in [0.29, 0.717) is 12.1 Å². The van der Waals surface area contributed by atoms with Gasteiger partial charge in [-0.15, -0.1) is 0 Å². The summed E-state index contributed by atoms with van der Waals surface area (Å²) in [5.41, 5.74) is 6.18. The van der Waals surface area contributed by atoms with Crippen molar-refractivity contribution in [3.63, 3.8) is 0 Å². The Labute approximate surface area is 98.2 Å². The summed E-state index contributed by atoms with van der Waals surface area (Å²) in [5.74, 6) is 0. The van der Waals surface area contributed by atoms with Crippen LogP contribution in [0.25, 0.3) is 0 Å². The van der Waals surface area contributed by atoms with Crippen LogP contribution >= 0.6 is 0 Å². The zero-order chi connectivity index (χ0) is 12.6. The van der Waals surface area contributed by atoms with Gasteiger partial charge in [0.1, 0.15) is 0 Å². The number of halogens is 3. The van der Waals surface area contributed by atoms with Crippen LogP contribution in [-0.2, 0) is 6.18 Å². The van der Waals surface area contributed by atoms with Gasteiger partial charge < -0.3 is 10.6 Å². The zero-order valence-corrected chi connectivity index (χ0v) is 9.59. The van der Waals surface area contributed by atoms with Crippen molar-refractivity contribution in [3.8, 4) is 0 Å². The second-order valence-corrected chi connectivity index (χ2v) is 4.41. The van der Waals surface area contributed by atoms with Crippen LogP contribution in [0.15, 0.2) is 18.2 Å². The van der Waals surface area contributed by atoms with Crippen molar-refractivity contribution in [1.82, 2.24) is 0 Å². The van der Waals surface area contributed by atoms with Gasteiger partial charge in [-0.1, -0.05) is 12.1 Å². The van der Waals surface area contributed by atoms with E-state index < -0.39 is 11.7 Å². The third kappa shape index (κ3) is 2.24. The van der Waals surface area contributed by atoms with E-state index in [1.807, 2.05) is 0 Å². The highest BCUT2D eigenvalue weighted by Crippen LogP contribution is 2.41. The zero-order valence-electron chi connectivity index (χ0n) is 9.59. The van der Waals surface area contributed by atoms with E-state index >= 15 is 0 Å². The monoisotopic (exact) mass is 244 g/mol. The van der Waals surface area contributed by atoms with Crippen molar-refractivity contribution in [3.05, 3.63) is 29.3 Å². The molecule has 2 nitrogen and oxygen atoms in total. The largest absolute Gasteiger partial charge is 0.418 e. The number of nitrogens with zero attached hydrogens (tertiary/aromatic N) is 1. The molecule has 1 atom stereocenters. The molecule has 0 radical (unpaired) electrons. The van der Waals surface area contributed by atoms with E-state index in [2.05, 4.69) is 0 Å². The van der Waals surface area contributed by atoms with Crippen molar-refractivity contribution in [2.24, 2.45) is 5.73 Å². The van der Waals surface area contributed by atoms with Gasteiger partial charge in [0, 0.05) is 19.6 Å². The summed E-state index contributed by atoms with van der Waals surface area (Å²) < 4.78 is 38.8. The van der Waals surface area contributed by atoms with Crippen LogP contribution in [0.3, 0.4) is 0 Å². The number of hydrogen-bond acceptors (Lipinski definition) is 2. The molecule has 94 valence electrons. The lowest BCUT2D eigenvalue weighted by Gasteiger charge is -2.24. The molecule has 17 heavy (non-hydrogen) atoms. The molecule has 1 aromatic rings. The molecule has 1 aliphatic heterocycles. The second-order valence-electron chi connectivity index (χ2n) is 4.41. The fraction of sp³-hybridized carbons (Fsp3) is 0.500. The molecule has 2 N–H and O–H groups in total. The topological polar surface area (TPSA) is 29.3 Å². The number of fused-ring (bicyclic) bond motifs is 1. The molecule has 0 saturated carbocycles. The summed E-state index contributed by atoms with van der Waals surface area (Å²) in [6.07, 6.45) is -2.80. The Morgan fingerprint density at radius 3 is 2.71 bits per heavy atom. The number of rotatable bonds is 0. The molecule has 5 heteroatoms. The van der Waals surface area contributed by atoms with E-state index in [9.17, 15) is 13.2 Å². The predicted molar refractivity (Wildman–Crippen MR) is 60.9 cm³/mol. The van der Waals surface area contributed by atoms with Gasteiger partial charge in [-0.25, -0.2) is 0 Å². The molecule has 0 aliphatic carbocycles. The van der Waals surface area contributed by atoms with Gasteiger partial charge in [-0.2, -0.15) is 13.2 Å². The second kappa shape index (κ2) is 4.22. The third-order valence-electron chi connectivity index (χ3n) is 3.16. The number of anilines is 1. The smallest absolute Gasteiger partial charge is 0.374 e. The molecule has 2 rings (SSSR count). The maximum Gasteiger partial charge on any atom is 0.418 e. The Hall–Kier alpha value is -1.23. The summed E-state index contributed by atoms with van der Waals surface area (Å²) in [5, 5.41) is 0. The van der Waals surface area contributed by atoms with Gasteiger partial charge in [0.05, 0.1) is 11.3 Å². The first-order valence-electron chi connectivity index (χ1n) is 5.58. The molecular formula is C12H15F3N2. The molecule has 1 aromatic carbocycles. The number of benzene rings is 1. The summed E-state index contributed by atoms with van der Waals surface area (Å²) in [7, 11) is 1.69. The first-order valence-corrected chi connectivity index (χ1v) is 5.58. The van der Waals surface area contributed by atoms with Crippen LogP contribution < -0.4 is 10.6 Å². The van der Waals surface area contributed by atoms with Gasteiger partial charge in [-0.05, 0) is 24.5 Å². The minimum absolute atomic E-state index is 0.241. The number of alkyl halides is 3. The van der Waals surface area contributed by atoms with Crippen molar-refractivity contribution >= 4 is 5.69 Å². The minimum Gasteiger partial charge on any atom is -0.374 e. The highest BCUT2D eigenvalue weighted by Gasteiger charge is 2.36. The molecule has 0 fully saturated rings. The molecule has 0 bridgehead atoms. The molecule has 0 aromatic heterocycles. The SMILES string of the molecule is CN1CCCC(N)c2cccc(C(F)(F)F)c21. The Morgan fingerprint density at radius 2 is 2.06 bits per heavy atom. The van der Waals surface area contributed by atoms with E-state index in [1.54, 1.807) is 18.0 Å². The van der Waals surface area contributed by atoms with Crippen LogP contribution in [0.2, 0.25) is 0 Å². The quantitative estimate of drug-likeness (QED) is 0.760. The van der Waals surface area contributed by atoms with Crippen LogP contribution in [0, 0.1) is 0 Å². The predicted octanol–water partition coefficient (Wildman–Crippen LogP) is 2.94. The van der Waals surface area contributed by atoms with E-state index in [4.69, 9.17) is 5.73 Å². The summed E-state index contributed by atoms with van der Waals surface area (Å²) in [6, 6.07) is 3.93. The molecule has 1 aliphatic rings. The van der Waals surface area contributed by atoms with Crippen LogP contribution in [-0.4, -0.2) is 13.6 Å². The average Bonchev–Trinajstić information content (AvgIpc) is 2.39. The summed E-state index contributed by atoms with van der Waals surface area (Å²) in [6.45, 7) is 0.605. The lowest BCUT2D eigenvalue weighted by atomic mass is 9.99. The minimum atomic E-state index is -4.33. The average molecular weight is 244 g/mol. The first-order chi connectivity index (χ1) is 7.91. The fourth-order valence-corrected chi connectivity index (χ4v) is 2.33.